The number of amides is 3. The third-order valence-corrected chi connectivity index (χ3v) is 3.74. The topological polar surface area (TPSA) is 137 Å². The largest absolute Gasteiger partial charge is 0.480 e. The summed E-state index contributed by atoms with van der Waals surface area (Å²) in [5.41, 5.74) is 4.99. The van der Waals surface area contributed by atoms with E-state index >= 15 is 0 Å². The highest BCUT2D eigenvalue weighted by Gasteiger charge is 2.51. The van der Waals surface area contributed by atoms with E-state index in [0.717, 1.165) is 0 Å². The van der Waals surface area contributed by atoms with Crippen LogP contribution in [0.5, 0.6) is 0 Å². The molecule has 0 aliphatic carbocycles. The van der Waals surface area contributed by atoms with Crippen molar-refractivity contribution in [1.29, 1.82) is 5.41 Å². The van der Waals surface area contributed by atoms with E-state index in [2.05, 4.69) is 5.32 Å². The van der Waals surface area contributed by atoms with Gasteiger partial charge in [-0.2, -0.15) is 0 Å². The summed E-state index contributed by atoms with van der Waals surface area (Å²) in [6.45, 7) is 2.77. The second-order valence-electron chi connectivity index (χ2n) is 5.24. The van der Waals surface area contributed by atoms with Gasteiger partial charge in [0.15, 0.2) is 0 Å². The first kappa shape index (κ1) is 18.4. The molecular weight excluding hydrogens is 324 g/mol. The Morgan fingerprint density at radius 2 is 1.87 bits per heavy atom. The number of nitrogens with zero attached hydrogens (tertiary/aromatic N) is 1. The van der Waals surface area contributed by atoms with Gasteiger partial charge in [-0.3, -0.25) is 10.2 Å². The van der Waals surface area contributed by atoms with Gasteiger partial charge in [0.25, 0.3) is 5.91 Å². The number of carbonyl (C=O) groups is 3. The molecule has 2 unspecified atom stereocenters. The number of hydrogen-bond donors (Lipinski definition) is 4. The molecule has 1 aromatic carbocycles. The van der Waals surface area contributed by atoms with E-state index in [4.69, 9.17) is 16.2 Å². The Morgan fingerprint density at radius 1 is 1.35 bits per heavy atom. The van der Waals surface area contributed by atoms with Crippen LogP contribution in [-0.2, 0) is 15.1 Å². The summed E-state index contributed by atoms with van der Waals surface area (Å²) in [7, 11) is 0. The minimum Gasteiger partial charge on any atom is -0.480 e. The molecule has 1 aliphatic rings. The first-order valence-corrected chi connectivity index (χ1v) is 6.52. The Labute approximate surface area is 138 Å². The summed E-state index contributed by atoms with van der Waals surface area (Å²) in [6.07, 6.45) is 0. The van der Waals surface area contributed by atoms with E-state index < -0.39 is 29.5 Å². The van der Waals surface area contributed by atoms with Gasteiger partial charge in [0, 0.05) is 5.56 Å². The molecule has 1 heterocycles. The van der Waals surface area contributed by atoms with Crippen LogP contribution in [0.25, 0.3) is 0 Å². The highest BCUT2D eigenvalue weighted by molar-refractivity contribution is 6.09. The quantitative estimate of drug-likeness (QED) is 0.362. The van der Waals surface area contributed by atoms with Gasteiger partial charge in [-0.25, -0.2) is 14.5 Å². The average Bonchev–Trinajstić information content (AvgIpc) is 2.69. The first-order valence-electron chi connectivity index (χ1n) is 6.52. The van der Waals surface area contributed by atoms with Crippen LogP contribution in [0.15, 0.2) is 24.3 Å². The number of nitrogen functional groups attached to an aromatic ring is 1. The van der Waals surface area contributed by atoms with E-state index in [9.17, 15) is 14.4 Å². The number of halogens is 1. The lowest BCUT2D eigenvalue weighted by Crippen LogP contribution is -2.45. The molecule has 5 N–H and O–H groups in total. The maximum atomic E-state index is 12.5. The molecule has 3 amide bonds. The molecule has 124 valence electrons. The van der Waals surface area contributed by atoms with Crippen LogP contribution in [0, 0.1) is 5.41 Å². The smallest absolute Gasteiger partial charge is 0.326 e. The third kappa shape index (κ3) is 2.98. The molecule has 9 heteroatoms. The summed E-state index contributed by atoms with van der Waals surface area (Å²) >= 11 is 0. The van der Waals surface area contributed by atoms with Crippen molar-refractivity contribution in [1.82, 2.24) is 10.2 Å². The lowest BCUT2D eigenvalue weighted by atomic mass is 9.91. The molecule has 1 aliphatic heterocycles. The van der Waals surface area contributed by atoms with Gasteiger partial charge in [-0.15, -0.1) is 12.4 Å². The highest BCUT2D eigenvalue weighted by Crippen LogP contribution is 2.30. The molecule has 0 spiro atoms. The van der Waals surface area contributed by atoms with Crippen LogP contribution < -0.4 is 11.1 Å². The van der Waals surface area contributed by atoms with Crippen molar-refractivity contribution in [3.8, 4) is 0 Å². The van der Waals surface area contributed by atoms with E-state index in [1.807, 2.05) is 0 Å². The van der Waals surface area contributed by atoms with E-state index in [1.165, 1.54) is 13.8 Å². The third-order valence-electron chi connectivity index (χ3n) is 3.74. The van der Waals surface area contributed by atoms with Crippen LogP contribution in [0.4, 0.5) is 4.79 Å². The molecule has 0 saturated carbocycles. The van der Waals surface area contributed by atoms with Crippen molar-refractivity contribution in [3.63, 3.8) is 0 Å². The molecule has 1 fully saturated rings. The van der Waals surface area contributed by atoms with Crippen molar-refractivity contribution in [2.45, 2.75) is 25.4 Å². The zero-order chi connectivity index (χ0) is 16.7. The highest BCUT2D eigenvalue weighted by atomic mass is 35.5. The SMILES string of the molecule is CC(C(=O)O)N1C(=O)NC(C)(c2ccc(C(=N)N)cc2)C1=O.Cl. The molecule has 23 heavy (non-hydrogen) atoms. The molecule has 1 saturated heterocycles. The summed E-state index contributed by atoms with van der Waals surface area (Å²) in [4.78, 5) is 36.2. The minimum atomic E-state index is -1.35. The van der Waals surface area contributed by atoms with Gasteiger partial charge in [0.05, 0.1) is 0 Å². The van der Waals surface area contributed by atoms with Crippen LogP contribution in [0.2, 0.25) is 0 Å². The number of nitrogens with two attached hydrogens (primary N) is 1. The maximum Gasteiger partial charge on any atom is 0.326 e. The minimum absolute atomic E-state index is 0. The molecule has 0 aromatic heterocycles. The Kier molecular flexibility index (Phi) is 5.01. The number of imide groups is 1. The number of carboxylic acids is 1. The fraction of sp³-hybridized carbons (Fsp3) is 0.286. The molecule has 2 atom stereocenters. The summed E-state index contributed by atoms with van der Waals surface area (Å²) < 4.78 is 0. The number of carbonyl (C=O) groups excluding carboxylic acids is 2. The van der Waals surface area contributed by atoms with Crippen molar-refractivity contribution in [2.75, 3.05) is 0 Å². The van der Waals surface area contributed by atoms with Crippen LogP contribution >= 0.6 is 12.4 Å². The summed E-state index contributed by atoms with van der Waals surface area (Å²) in [5, 5.41) is 18.9. The molecular formula is C14H17ClN4O4. The second-order valence-corrected chi connectivity index (χ2v) is 5.24. The van der Waals surface area contributed by atoms with Crippen LogP contribution in [0.1, 0.15) is 25.0 Å². The van der Waals surface area contributed by atoms with Crippen LogP contribution in [-0.4, -0.2) is 39.8 Å². The number of hydrogen-bond acceptors (Lipinski definition) is 4. The second kappa shape index (κ2) is 6.25. The zero-order valence-electron chi connectivity index (χ0n) is 12.5. The van der Waals surface area contributed by atoms with Gasteiger partial charge >= 0.3 is 12.0 Å². The number of aliphatic carboxylic acids is 1. The predicted octanol–water partition coefficient (Wildman–Crippen LogP) is 0.633. The Balaban J connectivity index is 0.00000264. The average molecular weight is 341 g/mol. The maximum absolute atomic E-state index is 12.5. The normalized spacial score (nSPS) is 21.4. The van der Waals surface area contributed by atoms with Gasteiger partial charge in [0.2, 0.25) is 0 Å². The standard InChI is InChI=1S/C14H16N4O4.ClH/c1-7(11(19)20)18-12(21)14(2,17-13(18)22)9-5-3-8(4-6-9)10(15)16;/h3-7H,1-2H3,(H3,15,16)(H,17,22)(H,19,20);1H. The number of nitrogens with one attached hydrogen (secondary N) is 2. The number of urea groups is 1. The van der Waals surface area contributed by atoms with Gasteiger partial charge in [0.1, 0.15) is 17.4 Å². The Morgan fingerprint density at radius 3 is 2.30 bits per heavy atom. The van der Waals surface area contributed by atoms with Gasteiger partial charge < -0.3 is 16.2 Å². The van der Waals surface area contributed by atoms with Crippen molar-refractivity contribution < 1.29 is 19.5 Å². The van der Waals surface area contributed by atoms with Crippen LogP contribution in [0.3, 0.4) is 0 Å². The van der Waals surface area contributed by atoms with Gasteiger partial charge in [-0.1, -0.05) is 24.3 Å². The van der Waals surface area contributed by atoms with E-state index in [1.54, 1.807) is 24.3 Å². The number of carboxylic acid groups (broad SMARTS) is 1. The van der Waals surface area contributed by atoms with E-state index in [0.29, 0.717) is 16.0 Å². The lowest BCUT2D eigenvalue weighted by Gasteiger charge is -2.23. The fourth-order valence-electron chi connectivity index (χ4n) is 2.30. The number of rotatable bonds is 4. The fourth-order valence-corrected chi connectivity index (χ4v) is 2.30. The van der Waals surface area contributed by atoms with Crippen molar-refractivity contribution in [3.05, 3.63) is 35.4 Å². The molecule has 1 aromatic rings. The molecule has 2 rings (SSSR count). The van der Waals surface area contributed by atoms with Crippen molar-refractivity contribution in [2.24, 2.45) is 5.73 Å². The number of benzene rings is 1. The monoisotopic (exact) mass is 340 g/mol. The molecule has 8 nitrogen and oxygen atoms in total. The zero-order valence-corrected chi connectivity index (χ0v) is 13.3. The van der Waals surface area contributed by atoms with E-state index in [-0.39, 0.29) is 18.2 Å². The number of amidine groups is 1. The lowest BCUT2D eigenvalue weighted by molar-refractivity contribution is -0.147. The molecule has 0 bridgehead atoms. The van der Waals surface area contributed by atoms with Gasteiger partial charge in [-0.05, 0) is 19.4 Å². The first-order chi connectivity index (χ1) is 10.2. The molecule has 0 radical (unpaired) electrons. The Bertz CT molecular complexity index is 676. The Hall–Kier alpha value is -2.61. The predicted molar refractivity (Wildman–Crippen MR) is 84.5 cm³/mol. The summed E-state index contributed by atoms with van der Waals surface area (Å²) in [6, 6.07) is 4.26. The summed E-state index contributed by atoms with van der Waals surface area (Å²) in [5.74, 6) is -2.01. The van der Waals surface area contributed by atoms with Crippen molar-refractivity contribution >= 4 is 36.2 Å².